The summed E-state index contributed by atoms with van der Waals surface area (Å²) < 4.78 is 0. The van der Waals surface area contributed by atoms with E-state index in [4.69, 9.17) is 0 Å². The number of phenols is 1. The smallest absolute Gasteiger partial charge is 0.119 e. The third-order valence-corrected chi connectivity index (χ3v) is 5.18. The number of hydrogen-bond acceptors (Lipinski definition) is 1. The van der Waals surface area contributed by atoms with Crippen LogP contribution in [0.15, 0.2) is 36.4 Å². The van der Waals surface area contributed by atoms with Gasteiger partial charge in [0.1, 0.15) is 5.75 Å². The average molecular weight is 238 g/mol. The molecule has 0 radical (unpaired) electrons. The largest absolute Gasteiger partial charge is 0.508 e. The fourth-order valence-electron chi connectivity index (χ4n) is 4.22. The first-order valence-electron chi connectivity index (χ1n) is 6.99. The summed E-state index contributed by atoms with van der Waals surface area (Å²) in [5, 5.41) is 12.8. The van der Waals surface area contributed by atoms with Crippen molar-refractivity contribution in [1.29, 1.82) is 0 Å². The zero-order valence-electron chi connectivity index (χ0n) is 10.5. The third-order valence-electron chi connectivity index (χ3n) is 5.18. The van der Waals surface area contributed by atoms with E-state index in [9.17, 15) is 5.11 Å². The van der Waals surface area contributed by atoms with Crippen molar-refractivity contribution in [3.05, 3.63) is 42.0 Å². The molecule has 0 atom stereocenters. The highest BCUT2D eigenvalue weighted by atomic mass is 16.3. The molecule has 92 valence electrons. The van der Waals surface area contributed by atoms with E-state index in [1.54, 1.807) is 0 Å². The molecule has 18 heavy (non-hydrogen) atoms. The van der Waals surface area contributed by atoms with Crippen molar-refractivity contribution in [3.8, 4) is 5.75 Å². The van der Waals surface area contributed by atoms with Gasteiger partial charge in [0, 0.05) is 5.56 Å². The summed E-state index contributed by atoms with van der Waals surface area (Å²) >= 11 is 0. The van der Waals surface area contributed by atoms with Crippen molar-refractivity contribution in [1.82, 2.24) is 0 Å². The van der Waals surface area contributed by atoms with Gasteiger partial charge in [0.2, 0.25) is 0 Å². The van der Waals surface area contributed by atoms with Gasteiger partial charge in [-0.25, -0.2) is 0 Å². The van der Waals surface area contributed by atoms with Gasteiger partial charge in [-0.3, -0.25) is 0 Å². The van der Waals surface area contributed by atoms with Gasteiger partial charge >= 0.3 is 0 Å². The average Bonchev–Trinajstić information content (AvgIpc) is 2.99. The van der Waals surface area contributed by atoms with E-state index in [0.717, 1.165) is 11.3 Å². The predicted octanol–water partition coefficient (Wildman–Crippen LogP) is 4.38. The molecule has 2 aliphatic rings. The molecule has 2 fully saturated rings. The van der Waals surface area contributed by atoms with E-state index < -0.39 is 0 Å². The molecule has 2 bridgehead atoms. The first-order chi connectivity index (χ1) is 8.77. The second kappa shape index (κ2) is 3.50. The van der Waals surface area contributed by atoms with Gasteiger partial charge in [0.25, 0.3) is 0 Å². The van der Waals surface area contributed by atoms with E-state index >= 15 is 0 Å². The molecule has 2 aromatic rings. The van der Waals surface area contributed by atoms with Crippen LogP contribution in [0.2, 0.25) is 0 Å². The number of fused-ring (bicyclic) bond motifs is 3. The van der Waals surface area contributed by atoms with Crippen LogP contribution in [0.3, 0.4) is 0 Å². The molecular weight excluding hydrogens is 220 g/mol. The first kappa shape index (κ1) is 10.4. The molecule has 2 aromatic carbocycles. The number of aromatic hydroxyl groups is 1. The quantitative estimate of drug-likeness (QED) is 0.781. The number of phenolic OH excluding ortho intramolecular Hbond substituents is 1. The fraction of sp³-hybridized carbons (Fsp3) is 0.412. The Kier molecular flexibility index (Phi) is 2.03. The summed E-state index contributed by atoms with van der Waals surface area (Å²) in [5.74, 6) is 1.42. The number of rotatable bonds is 1. The number of benzene rings is 2. The van der Waals surface area contributed by atoms with Crippen molar-refractivity contribution < 1.29 is 5.11 Å². The number of hydrogen-bond donors (Lipinski definition) is 1. The summed E-state index contributed by atoms with van der Waals surface area (Å²) in [6.07, 6.45) is 6.53. The van der Waals surface area contributed by atoms with Crippen LogP contribution in [0.5, 0.6) is 5.75 Å². The Balaban J connectivity index is 1.92. The van der Waals surface area contributed by atoms with Crippen molar-refractivity contribution in [2.75, 3.05) is 0 Å². The molecule has 1 heteroatoms. The maximum atomic E-state index is 10.4. The zero-order chi connectivity index (χ0) is 12.2. The van der Waals surface area contributed by atoms with E-state index in [2.05, 4.69) is 24.3 Å². The molecular formula is C17H18O. The Morgan fingerprint density at radius 2 is 1.67 bits per heavy atom. The lowest BCUT2D eigenvalue weighted by molar-refractivity contribution is 0.390. The van der Waals surface area contributed by atoms with Crippen LogP contribution in [-0.4, -0.2) is 5.11 Å². The van der Waals surface area contributed by atoms with Gasteiger partial charge in [-0.05, 0) is 66.3 Å². The minimum absolute atomic E-state index is 0.290. The van der Waals surface area contributed by atoms with E-state index in [-0.39, 0.29) is 0 Å². The molecule has 4 rings (SSSR count). The molecule has 0 aromatic heterocycles. The van der Waals surface area contributed by atoms with E-state index in [0.29, 0.717) is 11.2 Å². The lowest BCUT2D eigenvalue weighted by Gasteiger charge is -2.28. The van der Waals surface area contributed by atoms with Gasteiger partial charge in [0.05, 0.1) is 0 Å². The molecule has 2 saturated carbocycles. The van der Waals surface area contributed by atoms with E-state index in [1.807, 2.05) is 12.1 Å². The highest BCUT2D eigenvalue weighted by Gasteiger charge is 2.47. The summed E-state index contributed by atoms with van der Waals surface area (Å²) in [4.78, 5) is 0. The third kappa shape index (κ3) is 1.33. The van der Waals surface area contributed by atoms with Gasteiger partial charge in [-0.2, -0.15) is 0 Å². The normalized spacial score (nSPS) is 30.1. The van der Waals surface area contributed by atoms with Crippen LogP contribution in [0.1, 0.15) is 37.7 Å². The monoisotopic (exact) mass is 238 g/mol. The molecule has 2 aliphatic carbocycles. The second-order valence-electron chi connectivity index (χ2n) is 6.14. The summed E-state index contributed by atoms with van der Waals surface area (Å²) in [6, 6.07) is 12.5. The molecule has 0 heterocycles. The van der Waals surface area contributed by atoms with Crippen LogP contribution in [0.4, 0.5) is 0 Å². The first-order valence-corrected chi connectivity index (χ1v) is 6.99. The van der Waals surface area contributed by atoms with Crippen LogP contribution in [0, 0.1) is 5.92 Å². The lowest BCUT2D eigenvalue weighted by Crippen LogP contribution is -2.19. The maximum Gasteiger partial charge on any atom is 0.119 e. The lowest BCUT2D eigenvalue weighted by atomic mass is 9.76. The molecule has 0 saturated heterocycles. The molecule has 0 unspecified atom stereocenters. The Labute approximate surface area is 107 Å². The summed E-state index contributed by atoms with van der Waals surface area (Å²) in [5.41, 5.74) is 1.50. The minimum Gasteiger partial charge on any atom is -0.508 e. The van der Waals surface area contributed by atoms with Crippen molar-refractivity contribution in [2.45, 2.75) is 37.5 Å². The zero-order valence-corrected chi connectivity index (χ0v) is 10.5. The van der Waals surface area contributed by atoms with Gasteiger partial charge in [-0.15, -0.1) is 0 Å². The van der Waals surface area contributed by atoms with Crippen LogP contribution in [0.25, 0.3) is 10.8 Å². The van der Waals surface area contributed by atoms with Crippen molar-refractivity contribution in [3.63, 3.8) is 0 Å². The standard InChI is InChI=1S/C17H18O/c18-16-10-14-4-2-1-3-13(14)9-15(16)17-7-5-12(11-17)6-8-17/h1-4,9-10,12,18H,5-8,11H2. The highest BCUT2D eigenvalue weighted by Crippen LogP contribution is 2.57. The fourth-order valence-corrected chi connectivity index (χ4v) is 4.22. The molecule has 0 spiro atoms. The molecule has 1 nitrogen and oxygen atoms in total. The molecule has 0 amide bonds. The second-order valence-corrected chi connectivity index (χ2v) is 6.14. The van der Waals surface area contributed by atoms with Gasteiger partial charge in [0.15, 0.2) is 0 Å². The molecule has 1 N–H and O–H groups in total. The Morgan fingerprint density at radius 3 is 2.28 bits per heavy atom. The van der Waals surface area contributed by atoms with Crippen LogP contribution >= 0.6 is 0 Å². The molecule has 0 aliphatic heterocycles. The summed E-state index contributed by atoms with van der Waals surface area (Å²) in [6.45, 7) is 0. The topological polar surface area (TPSA) is 20.2 Å². The van der Waals surface area contributed by atoms with Crippen molar-refractivity contribution in [2.24, 2.45) is 5.92 Å². The van der Waals surface area contributed by atoms with Crippen LogP contribution < -0.4 is 0 Å². The van der Waals surface area contributed by atoms with Gasteiger partial charge < -0.3 is 5.11 Å². The Morgan fingerprint density at radius 1 is 1.00 bits per heavy atom. The van der Waals surface area contributed by atoms with E-state index in [1.165, 1.54) is 43.1 Å². The van der Waals surface area contributed by atoms with Crippen LogP contribution in [-0.2, 0) is 5.41 Å². The van der Waals surface area contributed by atoms with Crippen molar-refractivity contribution >= 4 is 10.8 Å². The SMILES string of the molecule is Oc1cc2ccccc2cc1C12CCC(CC1)C2. The minimum atomic E-state index is 0.290. The predicted molar refractivity (Wildman–Crippen MR) is 73.9 cm³/mol. The maximum absolute atomic E-state index is 10.4. The Hall–Kier alpha value is -1.50. The summed E-state index contributed by atoms with van der Waals surface area (Å²) in [7, 11) is 0. The highest BCUT2D eigenvalue weighted by molar-refractivity contribution is 5.85. The Bertz CT molecular complexity index is 606. The van der Waals surface area contributed by atoms with Gasteiger partial charge in [-0.1, -0.05) is 24.3 Å².